The standard InChI is InChI=1S/C58H77ClN6O2S/c1-45-39-46(11-20-55(45)61-51(22-28-62-35-37-67-38-36-62)43-68-53-9-5-3-6-10-53)41-60-56(66)48-14-18-52(19-15-48)65-33-31-63(32-34-65)42-49-40-57(2,25-21-54(49)47-12-16-50(59)17-13-47)44-64-29-26-58(27-30-64)23-7-4-8-24-58/h3,5-6,9-20,39,51,61H,4,7-8,21-38,40-44H2,1-2H3,(H,60,66)/t51-,57?/m1/s1. The van der Waals surface area contributed by atoms with Crippen LogP contribution in [0.15, 0.2) is 108 Å². The number of nitrogens with zero attached hydrogens (tertiary/aromatic N) is 4. The third kappa shape index (κ3) is 13.3. The second-order valence-electron chi connectivity index (χ2n) is 21.3. The summed E-state index contributed by atoms with van der Waals surface area (Å²) >= 11 is 8.29. The maximum atomic E-state index is 13.4. The zero-order valence-electron chi connectivity index (χ0n) is 41.1. The summed E-state index contributed by atoms with van der Waals surface area (Å²) in [5.74, 6) is 0.949. The van der Waals surface area contributed by atoms with Crippen LogP contribution in [0.2, 0.25) is 5.02 Å². The quantitative estimate of drug-likeness (QED) is 0.102. The number of likely N-dealkylation sites (tertiary alicyclic amines) is 1. The van der Waals surface area contributed by atoms with E-state index < -0.39 is 0 Å². The number of hydrogen-bond donors (Lipinski definition) is 2. The van der Waals surface area contributed by atoms with E-state index in [1.165, 1.54) is 99.1 Å². The van der Waals surface area contributed by atoms with Crippen LogP contribution in [0.4, 0.5) is 11.4 Å². The molecule has 9 rings (SSSR count). The van der Waals surface area contributed by atoms with E-state index in [1.807, 2.05) is 23.9 Å². The molecule has 364 valence electrons. The van der Waals surface area contributed by atoms with Crippen molar-refractivity contribution in [3.8, 4) is 0 Å². The van der Waals surface area contributed by atoms with Gasteiger partial charge in [-0.25, -0.2) is 0 Å². The SMILES string of the molecule is Cc1cc(CNC(=O)c2ccc(N3CCN(CC4=C(c5ccc(Cl)cc5)CCC(C)(CN5CCC6(CCCCC6)CC5)C4)CC3)cc2)ccc1N[C@H](CCN1CCOCC1)CSc1ccccc1. The molecule has 3 saturated heterocycles. The first kappa shape index (κ1) is 49.2. The maximum absolute atomic E-state index is 13.4. The van der Waals surface area contributed by atoms with Crippen LogP contribution in [0.5, 0.6) is 0 Å². The Bertz CT molecular complexity index is 2260. The van der Waals surface area contributed by atoms with Crippen LogP contribution in [0.3, 0.4) is 0 Å². The molecule has 1 saturated carbocycles. The minimum atomic E-state index is -0.0417. The lowest BCUT2D eigenvalue weighted by Gasteiger charge is -2.47. The summed E-state index contributed by atoms with van der Waals surface area (Å²) in [4.78, 5) is 25.2. The first-order valence-corrected chi connectivity index (χ1v) is 27.4. The van der Waals surface area contributed by atoms with Gasteiger partial charge in [-0.05, 0) is 159 Å². The highest BCUT2D eigenvalue weighted by molar-refractivity contribution is 7.99. The molecule has 5 aliphatic rings. The molecule has 1 unspecified atom stereocenters. The number of nitrogens with one attached hydrogen (secondary N) is 2. The lowest BCUT2D eigenvalue weighted by molar-refractivity contribution is 0.0370. The number of piperazine rings is 1. The summed E-state index contributed by atoms with van der Waals surface area (Å²) in [6.07, 6.45) is 14.7. The van der Waals surface area contributed by atoms with Crippen LogP contribution in [-0.2, 0) is 11.3 Å². The Hall–Kier alpha value is -3.83. The summed E-state index contributed by atoms with van der Waals surface area (Å²) in [6.45, 7) is 18.8. The summed E-state index contributed by atoms with van der Waals surface area (Å²) in [7, 11) is 0. The van der Waals surface area contributed by atoms with Gasteiger partial charge in [0.1, 0.15) is 0 Å². The molecule has 4 aromatic rings. The van der Waals surface area contributed by atoms with Crippen LogP contribution < -0.4 is 15.5 Å². The molecule has 0 bridgehead atoms. The van der Waals surface area contributed by atoms with Crippen molar-refractivity contribution in [3.63, 3.8) is 0 Å². The first-order valence-electron chi connectivity index (χ1n) is 26.1. The van der Waals surface area contributed by atoms with Gasteiger partial charge in [0.05, 0.1) is 13.2 Å². The highest BCUT2D eigenvalue weighted by Crippen LogP contribution is 2.47. The number of halogens is 1. The van der Waals surface area contributed by atoms with Crippen molar-refractivity contribution in [2.75, 3.05) is 101 Å². The summed E-state index contributed by atoms with van der Waals surface area (Å²) in [5.41, 5.74) is 10.8. The normalized spacial score (nSPS) is 22.3. The van der Waals surface area contributed by atoms with Crippen molar-refractivity contribution in [1.29, 1.82) is 0 Å². The van der Waals surface area contributed by atoms with E-state index in [4.69, 9.17) is 16.3 Å². The molecule has 0 aromatic heterocycles. The van der Waals surface area contributed by atoms with Crippen LogP contribution in [-0.4, -0.2) is 118 Å². The van der Waals surface area contributed by atoms with Crippen molar-refractivity contribution >= 4 is 46.2 Å². The number of benzene rings is 4. The number of allylic oxidation sites excluding steroid dienone is 1. The summed E-state index contributed by atoms with van der Waals surface area (Å²) < 4.78 is 5.59. The van der Waals surface area contributed by atoms with E-state index >= 15 is 0 Å². The second kappa shape index (κ2) is 23.4. The van der Waals surface area contributed by atoms with E-state index in [0.717, 1.165) is 100 Å². The molecule has 2 N–H and O–H groups in total. The molecular formula is C58H77ClN6O2S. The number of ether oxygens (including phenoxy) is 1. The molecule has 4 fully saturated rings. The van der Waals surface area contributed by atoms with Crippen molar-refractivity contribution < 1.29 is 9.53 Å². The fourth-order valence-corrected chi connectivity index (χ4v) is 13.1. The topological polar surface area (TPSA) is 63.3 Å². The van der Waals surface area contributed by atoms with E-state index in [1.54, 1.807) is 11.1 Å². The molecule has 0 radical (unpaired) electrons. The molecular weight excluding hydrogens is 880 g/mol. The van der Waals surface area contributed by atoms with Gasteiger partial charge < -0.3 is 25.2 Å². The number of carbonyl (C=O) groups is 1. The van der Waals surface area contributed by atoms with E-state index in [0.29, 0.717) is 29.0 Å². The van der Waals surface area contributed by atoms with Gasteiger partial charge in [-0.3, -0.25) is 14.6 Å². The minimum Gasteiger partial charge on any atom is -0.381 e. The van der Waals surface area contributed by atoms with E-state index in [2.05, 4.69) is 129 Å². The largest absolute Gasteiger partial charge is 0.381 e. The first-order chi connectivity index (χ1) is 33.2. The highest BCUT2D eigenvalue weighted by atomic mass is 35.5. The zero-order chi connectivity index (χ0) is 46.8. The number of amides is 1. The monoisotopic (exact) mass is 957 g/mol. The molecule has 2 atom stereocenters. The predicted molar refractivity (Wildman–Crippen MR) is 285 cm³/mol. The summed E-state index contributed by atoms with van der Waals surface area (Å²) in [5, 5.41) is 7.87. The van der Waals surface area contributed by atoms with Gasteiger partial charge in [-0.1, -0.05) is 85.8 Å². The Morgan fingerprint density at radius 1 is 0.779 bits per heavy atom. The number of morpholine rings is 1. The van der Waals surface area contributed by atoms with Gasteiger partial charge in [0.25, 0.3) is 5.91 Å². The van der Waals surface area contributed by atoms with Gasteiger partial charge in [0.15, 0.2) is 0 Å². The number of thioether (sulfide) groups is 1. The number of anilines is 2. The van der Waals surface area contributed by atoms with Crippen LogP contribution in [0.25, 0.3) is 5.57 Å². The Morgan fingerprint density at radius 2 is 1.51 bits per heavy atom. The highest BCUT2D eigenvalue weighted by Gasteiger charge is 2.39. The van der Waals surface area contributed by atoms with E-state index in [-0.39, 0.29) is 5.91 Å². The van der Waals surface area contributed by atoms with E-state index in [9.17, 15) is 4.79 Å². The smallest absolute Gasteiger partial charge is 0.251 e. The molecule has 3 aliphatic heterocycles. The van der Waals surface area contributed by atoms with Crippen molar-refractivity contribution in [3.05, 3.63) is 130 Å². The number of rotatable bonds is 17. The van der Waals surface area contributed by atoms with Crippen molar-refractivity contribution in [1.82, 2.24) is 20.0 Å². The second-order valence-corrected chi connectivity index (χ2v) is 22.8. The summed E-state index contributed by atoms with van der Waals surface area (Å²) in [6, 6.07) is 34.4. The third-order valence-corrected chi connectivity index (χ3v) is 17.6. The minimum absolute atomic E-state index is 0.0417. The Morgan fingerprint density at radius 3 is 2.24 bits per heavy atom. The van der Waals surface area contributed by atoms with Crippen molar-refractivity contribution in [2.24, 2.45) is 10.8 Å². The molecule has 3 heterocycles. The fourth-order valence-electron chi connectivity index (χ4n) is 12.0. The average Bonchev–Trinajstić information content (AvgIpc) is 3.37. The Labute approximate surface area is 417 Å². The van der Waals surface area contributed by atoms with Gasteiger partial charge in [-0.15, -0.1) is 11.8 Å². The predicted octanol–water partition coefficient (Wildman–Crippen LogP) is 11.7. The van der Waals surface area contributed by atoms with Gasteiger partial charge in [-0.2, -0.15) is 0 Å². The Kier molecular flexibility index (Phi) is 16.9. The zero-order valence-corrected chi connectivity index (χ0v) is 42.7. The van der Waals surface area contributed by atoms with Crippen LogP contribution >= 0.6 is 23.4 Å². The number of carbonyl (C=O) groups excluding carboxylic acids is 1. The van der Waals surface area contributed by atoms with Crippen LogP contribution in [0.1, 0.15) is 105 Å². The third-order valence-electron chi connectivity index (χ3n) is 16.2. The molecule has 8 nitrogen and oxygen atoms in total. The fraction of sp³-hybridized carbons (Fsp3) is 0.534. The van der Waals surface area contributed by atoms with Gasteiger partial charge in [0.2, 0.25) is 0 Å². The molecule has 2 aliphatic carbocycles. The number of hydrogen-bond acceptors (Lipinski definition) is 8. The molecule has 10 heteroatoms. The van der Waals surface area contributed by atoms with Crippen molar-refractivity contribution in [2.45, 2.75) is 102 Å². The number of aryl methyl sites for hydroxylation is 1. The average molecular weight is 958 g/mol. The molecule has 4 aromatic carbocycles. The number of piperidine rings is 1. The van der Waals surface area contributed by atoms with Gasteiger partial charge >= 0.3 is 0 Å². The molecule has 1 spiro atoms. The maximum Gasteiger partial charge on any atom is 0.251 e. The lowest BCUT2D eigenvalue weighted by atomic mass is 9.67. The molecule has 68 heavy (non-hydrogen) atoms. The molecule has 1 amide bonds. The van der Waals surface area contributed by atoms with Crippen LogP contribution in [0, 0.1) is 17.8 Å². The lowest BCUT2D eigenvalue weighted by Crippen LogP contribution is -2.48. The Balaban J connectivity index is 0.757. The van der Waals surface area contributed by atoms with Gasteiger partial charge in [0, 0.05) is 104 Å².